The number of hydrogen-bond donors (Lipinski definition) is 0. The van der Waals surface area contributed by atoms with E-state index in [2.05, 4.69) is 0 Å². The summed E-state index contributed by atoms with van der Waals surface area (Å²) in [7, 11) is 0. The van der Waals surface area contributed by atoms with Crippen LogP contribution in [0.25, 0.3) is 0 Å². The second-order valence-electron chi connectivity index (χ2n) is 4.57. The zero-order valence-corrected chi connectivity index (χ0v) is 12.9. The molecule has 1 rings (SSSR count). The molecule has 0 saturated carbocycles. The van der Waals surface area contributed by atoms with E-state index in [1.54, 1.807) is 13.0 Å². The Kier molecular flexibility index (Phi) is 6.52. The molecule has 1 aromatic rings. The molecule has 0 spiro atoms. The summed E-state index contributed by atoms with van der Waals surface area (Å²) in [5.74, 6) is -0.397. The summed E-state index contributed by atoms with van der Waals surface area (Å²) in [5, 5.41) is -0.107. The van der Waals surface area contributed by atoms with Crippen molar-refractivity contribution in [1.29, 1.82) is 0 Å². The van der Waals surface area contributed by atoms with Gasteiger partial charge in [0, 0.05) is 6.92 Å². The van der Waals surface area contributed by atoms with Gasteiger partial charge >= 0.3 is 5.97 Å². The Morgan fingerprint density at radius 3 is 2.50 bits per heavy atom. The molecule has 0 fully saturated rings. The quantitative estimate of drug-likeness (QED) is 0.592. The van der Waals surface area contributed by atoms with E-state index in [1.807, 2.05) is 43.3 Å². The van der Waals surface area contributed by atoms with E-state index in [0.29, 0.717) is 0 Å². The highest BCUT2D eigenvalue weighted by Crippen LogP contribution is 2.29. The molecule has 3 nitrogen and oxygen atoms in total. The van der Waals surface area contributed by atoms with Crippen molar-refractivity contribution in [3.05, 3.63) is 48.0 Å². The van der Waals surface area contributed by atoms with Gasteiger partial charge in [0.25, 0.3) is 0 Å². The van der Waals surface area contributed by atoms with E-state index in [1.165, 1.54) is 6.92 Å². The Bertz CT molecular complexity index is 482. The maximum Gasteiger partial charge on any atom is 0.326 e. The van der Waals surface area contributed by atoms with E-state index in [-0.39, 0.29) is 11.7 Å². The number of benzene rings is 1. The van der Waals surface area contributed by atoms with Crippen molar-refractivity contribution in [1.82, 2.24) is 0 Å². The lowest BCUT2D eigenvalue weighted by Gasteiger charge is -2.21. The van der Waals surface area contributed by atoms with Crippen molar-refractivity contribution < 1.29 is 14.3 Å². The maximum absolute atomic E-state index is 12.2. The predicted octanol–water partition coefficient (Wildman–Crippen LogP) is 3.73. The van der Waals surface area contributed by atoms with Gasteiger partial charge in [-0.05, 0) is 18.9 Å². The van der Waals surface area contributed by atoms with Gasteiger partial charge in [0.2, 0.25) is 0 Å². The molecular formula is C16H20O3S. The van der Waals surface area contributed by atoms with E-state index < -0.39 is 10.7 Å². The van der Waals surface area contributed by atoms with Gasteiger partial charge in [-0.3, -0.25) is 9.59 Å². The molecule has 0 unspecified atom stereocenters. The first kappa shape index (κ1) is 16.5. The third-order valence-electron chi connectivity index (χ3n) is 2.65. The number of carbonyl (C=O) groups is 2. The van der Waals surface area contributed by atoms with Gasteiger partial charge < -0.3 is 4.74 Å². The van der Waals surface area contributed by atoms with Crippen LogP contribution in [0.5, 0.6) is 0 Å². The van der Waals surface area contributed by atoms with Gasteiger partial charge in [0.1, 0.15) is 11.4 Å². The van der Waals surface area contributed by atoms with Crippen LogP contribution in [0, 0.1) is 0 Å². The number of allylic oxidation sites excluding steroid dienone is 1. The molecule has 0 amide bonds. The molecule has 1 aromatic carbocycles. The van der Waals surface area contributed by atoms with Crippen molar-refractivity contribution in [2.45, 2.75) is 38.5 Å². The molecule has 0 aliphatic heterocycles. The molecule has 108 valence electrons. The summed E-state index contributed by atoms with van der Waals surface area (Å²) in [6.45, 7) is 5.35. The monoisotopic (exact) mass is 292 g/mol. The summed E-state index contributed by atoms with van der Waals surface area (Å²) in [6, 6.07) is 9.48. The standard InChI is InChI=1S/C16H20O3S/c1-4-5-11-16(3,20-13(2)17)15(18)19-12-14-9-7-6-8-10-14/h5-11H,4,12H2,1-3H3/b11-5+/t16-/m0/s1. The van der Waals surface area contributed by atoms with E-state index in [4.69, 9.17) is 4.74 Å². The summed E-state index contributed by atoms with van der Waals surface area (Å²) in [5.41, 5.74) is 0.926. The third kappa shape index (κ3) is 5.21. The Hall–Kier alpha value is -1.55. The van der Waals surface area contributed by atoms with Crippen molar-refractivity contribution in [3.63, 3.8) is 0 Å². The minimum atomic E-state index is -0.962. The molecule has 0 aliphatic rings. The summed E-state index contributed by atoms with van der Waals surface area (Å²) >= 11 is 0.985. The van der Waals surface area contributed by atoms with Gasteiger partial charge in [-0.2, -0.15) is 0 Å². The maximum atomic E-state index is 12.2. The van der Waals surface area contributed by atoms with Crippen LogP contribution in [0.1, 0.15) is 32.8 Å². The second kappa shape index (κ2) is 7.90. The molecule has 0 bridgehead atoms. The first-order valence-electron chi connectivity index (χ1n) is 6.56. The van der Waals surface area contributed by atoms with Gasteiger partial charge in [0.05, 0.1) is 0 Å². The smallest absolute Gasteiger partial charge is 0.326 e. The average Bonchev–Trinajstić information content (AvgIpc) is 2.43. The number of carbonyl (C=O) groups excluding carboxylic acids is 2. The normalized spacial score (nSPS) is 13.9. The predicted molar refractivity (Wildman–Crippen MR) is 82.3 cm³/mol. The molecule has 0 saturated heterocycles. The van der Waals surface area contributed by atoms with E-state index in [9.17, 15) is 9.59 Å². The Morgan fingerprint density at radius 2 is 1.95 bits per heavy atom. The van der Waals surface area contributed by atoms with Gasteiger partial charge in [-0.1, -0.05) is 61.2 Å². The van der Waals surface area contributed by atoms with Gasteiger partial charge in [-0.15, -0.1) is 0 Å². The van der Waals surface area contributed by atoms with Crippen molar-refractivity contribution >= 4 is 22.8 Å². The van der Waals surface area contributed by atoms with Crippen LogP contribution in [0.4, 0.5) is 0 Å². The van der Waals surface area contributed by atoms with Crippen LogP contribution in [0.2, 0.25) is 0 Å². The molecule has 20 heavy (non-hydrogen) atoms. The van der Waals surface area contributed by atoms with E-state index in [0.717, 1.165) is 23.7 Å². The highest BCUT2D eigenvalue weighted by Gasteiger charge is 2.34. The van der Waals surface area contributed by atoms with Gasteiger partial charge in [-0.25, -0.2) is 0 Å². The van der Waals surface area contributed by atoms with Crippen LogP contribution in [-0.2, 0) is 20.9 Å². The van der Waals surface area contributed by atoms with Crippen LogP contribution in [0.3, 0.4) is 0 Å². The number of ether oxygens (including phenoxy) is 1. The fourth-order valence-corrected chi connectivity index (χ4v) is 2.56. The fourth-order valence-electron chi connectivity index (χ4n) is 1.65. The highest BCUT2D eigenvalue weighted by molar-refractivity contribution is 8.15. The van der Waals surface area contributed by atoms with Crippen LogP contribution in [0.15, 0.2) is 42.5 Å². The van der Waals surface area contributed by atoms with Crippen molar-refractivity contribution in [3.8, 4) is 0 Å². The number of hydrogen-bond acceptors (Lipinski definition) is 4. The minimum absolute atomic E-state index is 0.107. The molecule has 0 radical (unpaired) electrons. The average molecular weight is 292 g/mol. The van der Waals surface area contributed by atoms with Crippen LogP contribution < -0.4 is 0 Å². The minimum Gasteiger partial charge on any atom is -0.460 e. The lowest BCUT2D eigenvalue weighted by atomic mass is 10.1. The molecule has 0 aromatic heterocycles. The first-order chi connectivity index (χ1) is 9.48. The number of rotatable bonds is 6. The number of thioether (sulfide) groups is 1. The molecule has 0 aliphatic carbocycles. The Balaban J connectivity index is 2.73. The molecule has 1 atom stereocenters. The van der Waals surface area contributed by atoms with Crippen LogP contribution in [-0.4, -0.2) is 15.8 Å². The SMILES string of the molecule is CC/C=C/[C@](C)(SC(C)=O)C(=O)OCc1ccccc1. The zero-order chi connectivity index (χ0) is 15.0. The van der Waals surface area contributed by atoms with Crippen molar-refractivity contribution in [2.24, 2.45) is 0 Å². The topological polar surface area (TPSA) is 43.4 Å². The molecule has 4 heteroatoms. The summed E-state index contributed by atoms with van der Waals surface area (Å²) in [4.78, 5) is 23.6. The van der Waals surface area contributed by atoms with Crippen LogP contribution >= 0.6 is 11.8 Å². The highest BCUT2D eigenvalue weighted by atomic mass is 32.2. The molecule has 0 heterocycles. The molecule has 0 N–H and O–H groups in total. The first-order valence-corrected chi connectivity index (χ1v) is 7.38. The van der Waals surface area contributed by atoms with E-state index >= 15 is 0 Å². The fraction of sp³-hybridized carbons (Fsp3) is 0.375. The Morgan fingerprint density at radius 1 is 1.30 bits per heavy atom. The summed E-state index contributed by atoms with van der Waals surface area (Å²) in [6.07, 6.45) is 4.42. The second-order valence-corrected chi connectivity index (χ2v) is 6.20. The third-order valence-corrected chi connectivity index (χ3v) is 3.66. The van der Waals surface area contributed by atoms with Crippen molar-refractivity contribution in [2.75, 3.05) is 0 Å². The molecular weight excluding hydrogens is 272 g/mol. The largest absolute Gasteiger partial charge is 0.460 e. The lowest BCUT2D eigenvalue weighted by Crippen LogP contribution is -2.32. The Labute approximate surface area is 124 Å². The zero-order valence-electron chi connectivity index (χ0n) is 12.1. The van der Waals surface area contributed by atoms with Gasteiger partial charge in [0.15, 0.2) is 5.12 Å². The lowest BCUT2D eigenvalue weighted by molar-refractivity contribution is -0.146. The summed E-state index contributed by atoms with van der Waals surface area (Å²) < 4.78 is 4.37. The number of esters is 1.